The zero-order valence-corrected chi connectivity index (χ0v) is 35.6. The highest BCUT2D eigenvalue weighted by Gasteiger charge is 2.84. The van der Waals surface area contributed by atoms with Gasteiger partial charge in [0.25, 0.3) is 0 Å². The molecule has 2 bridgehead atoms. The molecule has 2 aromatic carbocycles. The highest BCUT2D eigenvalue weighted by atomic mass is 16.6. The molecule has 2 N–H and O–H groups in total. The zero-order chi connectivity index (χ0) is 43.7. The zero-order valence-electron chi connectivity index (χ0n) is 35.6. The Kier molecular flexibility index (Phi) is 10.8. The largest absolute Gasteiger partial charge is 0.457 e. The first-order valence-corrected chi connectivity index (χ1v) is 20.5. The monoisotopic (exact) mass is 829 g/mol. The Labute approximate surface area is 349 Å². The summed E-state index contributed by atoms with van der Waals surface area (Å²) in [5.74, 6) is -5.99. The van der Waals surface area contributed by atoms with Crippen molar-refractivity contribution in [1.29, 1.82) is 0 Å². The van der Waals surface area contributed by atoms with Crippen LogP contribution in [-0.4, -0.2) is 88.7 Å². The van der Waals surface area contributed by atoms with Crippen LogP contribution in [0.15, 0.2) is 71.8 Å². The van der Waals surface area contributed by atoms with Gasteiger partial charge in [-0.3, -0.25) is 19.2 Å². The maximum absolute atomic E-state index is 15.5. The van der Waals surface area contributed by atoms with Gasteiger partial charge < -0.3 is 38.8 Å². The van der Waals surface area contributed by atoms with E-state index >= 15 is 4.79 Å². The van der Waals surface area contributed by atoms with E-state index in [4.69, 9.17) is 28.4 Å². The Bertz CT molecular complexity index is 2110. The summed E-state index contributed by atoms with van der Waals surface area (Å²) >= 11 is 0. The third-order valence-corrected chi connectivity index (χ3v) is 13.5. The standard InChI is InChI=1S/C46H55NO13/c1-24-31(57-39(51)25(2)34(28-16-12-10-13-17-28)47-41(53)60-42(5,6)7)22-46(54)38(58-40(52)29-18-14-11-15-19-29)36-44(37(50)35(56-26(3)48)33(24)43(46,8)9)21-30(44)20-32-45(36,23-55-32)59-27(4)49/h10-19,25,30-32,34-36,38,54H,20-23H2,1-9H3,(H,47,53)/t25-,30-,31+,32-,34-,35-,36+,38+,44-,45+,46-/m1/s1. The van der Waals surface area contributed by atoms with Crippen molar-refractivity contribution in [1.82, 2.24) is 5.32 Å². The first-order chi connectivity index (χ1) is 28.1. The van der Waals surface area contributed by atoms with Crippen molar-refractivity contribution in [3.63, 3.8) is 0 Å². The fourth-order valence-electron chi connectivity index (χ4n) is 10.6. The molecule has 1 spiro atoms. The van der Waals surface area contributed by atoms with Gasteiger partial charge in [0, 0.05) is 31.1 Å². The van der Waals surface area contributed by atoms with E-state index in [-0.39, 0.29) is 36.5 Å². The summed E-state index contributed by atoms with van der Waals surface area (Å²) in [7, 11) is 0. The molecule has 322 valence electrons. The third kappa shape index (κ3) is 7.08. The molecule has 60 heavy (non-hydrogen) atoms. The molecule has 0 radical (unpaired) electrons. The van der Waals surface area contributed by atoms with Crippen LogP contribution in [0.3, 0.4) is 0 Å². The van der Waals surface area contributed by atoms with Gasteiger partial charge >= 0.3 is 30.0 Å². The number of Topliss-reactive ketones (excluding diaryl/α,β-unsaturated/α-hetero) is 1. The molecule has 2 aromatic rings. The van der Waals surface area contributed by atoms with Crippen LogP contribution in [0, 0.1) is 28.6 Å². The summed E-state index contributed by atoms with van der Waals surface area (Å²) in [5.41, 5.74) is -6.01. The summed E-state index contributed by atoms with van der Waals surface area (Å²) in [5, 5.41) is 16.5. The molecule has 0 unspecified atom stereocenters. The lowest BCUT2D eigenvalue weighted by Gasteiger charge is -2.64. The number of fused-ring (bicyclic) bond motifs is 4. The van der Waals surface area contributed by atoms with Gasteiger partial charge in [-0.05, 0) is 82.2 Å². The molecule has 1 amide bonds. The Morgan fingerprint density at radius 2 is 1.53 bits per heavy atom. The number of alkyl carbamates (subject to hydrolysis) is 1. The van der Waals surface area contributed by atoms with Gasteiger partial charge in [0.2, 0.25) is 0 Å². The normalized spacial score (nSPS) is 33.3. The number of amides is 1. The molecule has 3 saturated carbocycles. The minimum absolute atomic E-state index is 0.138. The number of nitrogens with one attached hydrogen (secondary N) is 1. The minimum atomic E-state index is -2.16. The fourth-order valence-corrected chi connectivity index (χ4v) is 10.6. The van der Waals surface area contributed by atoms with E-state index in [1.54, 1.807) is 109 Å². The van der Waals surface area contributed by atoms with Crippen LogP contribution in [0.25, 0.3) is 0 Å². The second kappa shape index (κ2) is 15.1. The quantitative estimate of drug-likeness (QED) is 0.177. The Morgan fingerprint density at radius 3 is 2.10 bits per heavy atom. The predicted molar refractivity (Wildman–Crippen MR) is 213 cm³/mol. The molecule has 14 nitrogen and oxygen atoms in total. The molecule has 4 fully saturated rings. The number of hydrogen-bond acceptors (Lipinski definition) is 13. The number of benzene rings is 2. The van der Waals surface area contributed by atoms with Gasteiger partial charge in [0.15, 0.2) is 17.5 Å². The highest BCUT2D eigenvalue weighted by Crippen LogP contribution is 2.74. The fraction of sp³-hybridized carbons (Fsp3) is 0.565. The predicted octanol–water partition coefficient (Wildman–Crippen LogP) is 5.74. The minimum Gasteiger partial charge on any atom is -0.457 e. The second-order valence-electron chi connectivity index (χ2n) is 18.6. The van der Waals surface area contributed by atoms with Crippen LogP contribution in [0.2, 0.25) is 0 Å². The molecule has 14 heteroatoms. The molecular weight excluding hydrogens is 774 g/mol. The van der Waals surface area contributed by atoms with E-state index in [1.165, 1.54) is 13.8 Å². The molecule has 1 heterocycles. The highest BCUT2D eigenvalue weighted by molar-refractivity contribution is 5.97. The molecule has 5 aliphatic rings. The Hall–Kier alpha value is -5.08. The molecular formula is C46H55NO13. The van der Waals surface area contributed by atoms with Crippen molar-refractivity contribution in [2.24, 2.45) is 28.6 Å². The number of ketones is 1. The lowest BCUT2D eigenvalue weighted by atomic mass is 9.48. The number of carbonyl (C=O) groups is 6. The lowest BCUT2D eigenvalue weighted by molar-refractivity contribution is -0.323. The van der Waals surface area contributed by atoms with E-state index in [1.807, 2.05) is 0 Å². The maximum atomic E-state index is 15.5. The summed E-state index contributed by atoms with van der Waals surface area (Å²) in [6.45, 7) is 14.1. The van der Waals surface area contributed by atoms with Crippen LogP contribution in [0.4, 0.5) is 4.79 Å². The number of carbonyl (C=O) groups excluding carboxylic acids is 6. The van der Waals surface area contributed by atoms with Gasteiger partial charge in [0.05, 0.1) is 30.0 Å². The topological polar surface area (TPSA) is 190 Å². The average Bonchev–Trinajstić information content (AvgIpc) is 3.90. The summed E-state index contributed by atoms with van der Waals surface area (Å²) in [6.07, 6.45) is -5.50. The molecule has 1 aliphatic heterocycles. The van der Waals surface area contributed by atoms with Crippen LogP contribution in [-0.2, 0) is 47.6 Å². The van der Waals surface area contributed by atoms with Crippen molar-refractivity contribution >= 4 is 35.8 Å². The van der Waals surface area contributed by atoms with E-state index in [9.17, 15) is 29.1 Å². The van der Waals surface area contributed by atoms with Crippen molar-refractivity contribution in [2.45, 2.75) is 129 Å². The van der Waals surface area contributed by atoms with Gasteiger partial charge in [-0.25, -0.2) is 9.59 Å². The second-order valence-corrected chi connectivity index (χ2v) is 18.6. The van der Waals surface area contributed by atoms with Crippen molar-refractivity contribution < 1.29 is 62.3 Å². The van der Waals surface area contributed by atoms with Gasteiger partial charge in [-0.15, -0.1) is 0 Å². The lowest BCUT2D eigenvalue weighted by Crippen LogP contribution is -2.78. The maximum Gasteiger partial charge on any atom is 0.408 e. The van der Waals surface area contributed by atoms with E-state index < -0.39 is 106 Å². The van der Waals surface area contributed by atoms with Crippen LogP contribution < -0.4 is 5.32 Å². The SMILES string of the molecule is CC(=O)O[C@H]1C(=O)[C@]23C[C@H]2C[C@H]2OC[C@@]2(OC(C)=O)[C@H]3[C@H](OC(=O)c2ccccc2)[C@]2(O)C[C@H](OC(=O)[C@H](C)[C@@H](NC(=O)OC(C)(C)C)c3ccccc3)C(C)=C1C2(C)C. The molecule has 1 saturated heterocycles. The summed E-state index contributed by atoms with van der Waals surface area (Å²) < 4.78 is 36.6. The smallest absolute Gasteiger partial charge is 0.408 e. The van der Waals surface area contributed by atoms with Gasteiger partial charge in [0.1, 0.15) is 29.5 Å². The number of hydrogen-bond donors (Lipinski definition) is 2. The van der Waals surface area contributed by atoms with Gasteiger partial charge in [-0.1, -0.05) is 62.4 Å². The average molecular weight is 830 g/mol. The van der Waals surface area contributed by atoms with Crippen molar-refractivity contribution in [3.05, 3.63) is 82.9 Å². The first-order valence-electron chi connectivity index (χ1n) is 20.5. The van der Waals surface area contributed by atoms with E-state index in [0.717, 1.165) is 0 Å². The summed E-state index contributed by atoms with van der Waals surface area (Å²) in [6, 6.07) is 16.1. The van der Waals surface area contributed by atoms with Gasteiger partial charge in [-0.2, -0.15) is 0 Å². The number of esters is 4. The first kappa shape index (κ1) is 43.0. The Balaban J connectivity index is 1.37. The van der Waals surface area contributed by atoms with Crippen LogP contribution in [0.1, 0.15) is 104 Å². The van der Waals surface area contributed by atoms with E-state index in [0.29, 0.717) is 17.6 Å². The van der Waals surface area contributed by atoms with Crippen LogP contribution in [0.5, 0.6) is 0 Å². The summed E-state index contributed by atoms with van der Waals surface area (Å²) in [4.78, 5) is 83.3. The number of aliphatic hydroxyl groups is 1. The van der Waals surface area contributed by atoms with Crippen molar-refractivity contribution in [3.8, 4) is 0 Å². The molecule has 7 rings (SSSR count). The number of rotatable bonds is 9. The Morgan fingerprint density at radius 1 is 0.900 bits per heavy atom. The third-order valence-electron chi connectivity index (χ3n) is 13.5. The molecule has 4 aliphatic carbocycles. The van der Waals surface area contributed by atoms with E-state index in [2.05, 4.69) is 5.32 Å². The van der Waals surface area contributed by atoms with Crippen LogP contribution >= 0.6 is 0 Å². The molecule has 11 atom stereocenters. The number of ether oxygens (including phenoxy) is 6. The molecule has 0 aromatic heterocycles. The van der Waals surface area contributed by atoms with Crippen molar-refractivity contribution in [2.75, 3.05) is 6.61 Å².